The maximum absolute atomic E-state index is 13.6. The summed E-state index contributed by atoms with van der Waals surface area (Å²) in [5.41, 5.74) is 2.47. The maximum Gasteiger partial charge on any atom is 0.321 e. The topological polar surface area (TPSA) is 98.6 Å². The summed E-state index contributed by atoms with van der Waals surface area (Å²) in [4.78, 5) is 25.3. The molecule has 0 saturated carbocycles. The number of hydrogen-bond donors (Lipinski definition) is 0. The quantitative estimate of drug-likeness (QED) is 0.325. The van der Waals surface area contributed by atoms with Gasteiger partial charge in [-0.25, -0.2) is 12.8 Å². The van der Waals surface area contributed by atoms with Crippen LogP contribution in [0.1, 0.15) is 37.9 Å². The molecule has 1 atom stereocenters. The van der Waals surface area contributed by atoms with E-state index in [-0.39, 0.29) is 10.7 Å². The second-order valence-corrected chi connectivity index (χ2v) is 10.5. The number of carbonyl (C=O) groups is 2. The van der Waals surface area contributed by atoms with Gasteiger partial charge in [0.25, 0.3) is 0 Å². The highest BCUT2D eigenvalue weighted by Gasteiger charge is 2.24. The van der Waals surface area contributed by atoms with Gasteiger partial charge in [-0.05, 0) is 69.2 Å². The number of rotatable bonds is 9. The van der Waals surface area contributed by atoms with E-state index in [2.05, 4.69) is 5.10 Å². The van der Waals surface area contributed by atoms with E-state index >= 15 is 0 Å². The number of ether oxygens (including phenoxy) is 1. The summed E-state index contributed by atoms with van der Waals surface area (Å²) in [6.45, 7) is 6.75. The van der Waals surface area contributed by atoms with Gasteiger partial charge in [-0.15, -0.1) is 0 Å². The maximum atomic E-state index is 13.6. The zero-order valence-corrected chi connectivity index (χ0v) is 21.0. The zero-order chi connectivity index (χ0) is 25.9. The Hall–Kier alpha value is -3.53. The Morgan fingerprint density at radius 3 is 2.37 bits per heavy atom. The van der Waals surface area contributed by atoms with Gasteiger partial charge >= 0.3 is 5.97 Å². The first kappa shape index (κ1) is 26.1. The molecule has 0 saturated heterocycles. The van der Waals surface area contributed by atoms with Gasteiger partial charge in [-0.3, -0.25) is 19.2 Å². The fourth-order valence-corrected chi connectivity index (χ4v) is 4.73. The molecule has 0 spiro atoms. The second kappa shape index (κ2) is 10.4. The second-order valence-electron chi connectivity index (χ2n) is 8.53. The highest BCUT2D eigenvalue weighted by molar-refractivity contribution is 7.92. The van der Waals surface area contributed by atoms with E-state index in [1.165, 1.54) is 23.1 Å². The molecule has 0 radical (unpaired) electrons. The Morgan fingerprint density at radius 1 is 1.14 bits per heavy atom. The van der Waals surface area contributed by atoms with Crippen molar-refractivity contribution in [2.24, 2.45) is 7.05 Å². The molecule has 0 aliphatic rings. The monoisotopic (exact) mass is 501 g/mol. The van der Waals surface area contributed by atoms with Crippen molar-refractivity contribution in [2.45, 2.75) is 44.7 Å². The minimum Gasteiger partial charge on any atom is -0.462 e. The molecule has 0 N–H and O–H groups in total. The van der Waals surface area contributed by atoms with Gasteiger partial charge in [0.05, 0.1) is 22.7 Å². The van der Waals surface area contributed by atoms with Crippen LogP contribution in [0.5, 0.6) is 0 Å². The molecule has 186 valence electrons. The van der Waals surface area contributed by atoms with Crippen LogP contribution in [0.25, 0.3) is 11.3 Å². The molecule has 1 heterocycles. The fourth-order valence-electron chi connectivity index (χ4n) is 3.64. The van der Waals surface area contributed by atoms with Crippen LogP contribution < -0.4 is 4.90 Å². The molecule has 1 aromatic heterocycles. The van der Waals surface area contributed by atoms with Crippen molar-refractivity contribution in [2.75, 3.05) is 10.7 Å². The van der Waals surface area contributed by atoms with E-state index in [4.69, 9.17) is 4.74 Å². The lowest BCUT2D eigenvalue weighted by atomic mass is 10.1. The lowest BCUT2D eigenvalue weighted by molar-refractivity contribution is -0.144. The average molecular weight is 502 g/mol. The Bertz CT molecular complexity index is 1330. The van der Waals surface area contributed by atoms with E-state index in [0.717, 1.165) is 5.56 Å². The molecule has 0 unspecified atom stereocenters. The number of hydrogen-bond acceptors (Lipinski definition) is 6. The van der Waals surface area contributed by atoms with Gasteiger partial charge in [0.2, 0.25) is 6.41 Å². The summed E-state index contributed by atoms with van der Waals surface area (Å²) < 4.78 is 45.2. The number of nitrogens with zero attached hydrogens (tertiary/aromatic N) is 3. The van der Waals surface area contributed by atoms with Crippen molar-refractivity contribution in [3.05, 3.63) is 65.5 Å². The summed E-state index contributed by atoms with van der Waals surface area (Å²) in [7, 11) is -2.17. The number of aryl methyl sites for hydroxylation is 2. The van der Waals surface area contributed by atoms with E-state index < -0.39 is 33.7 Å². The number of anilines is 1. The van der Waals surface area contributed by atoms with Crippen LogP contribution >= 0.6 is 0 Å². The number of sulfone groups is 1. The Kier molecular flexibility index (Phi) is 7.74. The summed E-state index contributed by atoms with van der Waals surface area (Å²) in [6, 6.07) is 12.0. The molecule has 35 heavy (non-hydrogen) atoms. The van der Waals surface area contributed by atoms with Crippen molar-refractivity contribution in [3.63, 3.8) is 0 Å². The first-order valence-corrected chi connectivity index (χ1v) is 12.6. The van der Waals surface area contributed by atoms with E-state index in [9.17, 15) is 22.4 Å². The van der Waals surface area contributed by atoms with Gasteiger partial charge in [0.1, 0.15) is 11.6 Å². The SMILES string of the molecule is Cc1cc(-c2cc(N(C=O)[C@H](C)c3ccc(S(=O)(=O)CC(=O)OC(C)C)cc3)n(C)n2)ccc1F. The molecule has 10 heteroatoms. The number of benzene rings is 2. The average Bonchev–Trinajstić information content (AvgIpc) is 3.16. The van der Waals surface area contributed by atoms with Gasteiger partial charge in [-0.1, -0.05) is 12.1 Å². The summed E-state index contributed by atoms with van der Waals surface area (Å²) in [6.07, 6.45) is 0.267. The van der Waals surface area contributed by atoms with Crippen molar-refractivity contribution < 1.29 is 27.1 Å². The zero-order valence-electron chi connectivity index (χ0n) is 20.2. The number of amides is 1. The Balaban J connectivity index is 1.83. The highest BCUT2D eigenvalue weighted by Crippen LogP contribution is 2.30. The molecule has 0 aliphatic carbocycles. The molecular weight excluding hydrogens is 473 g/mol. The number of esters is 1. The molecular formula is C25H28FN3O5S. The highest BCUT2D eigenvalue weighted by atomic mass is 32.2. The minimum atomic E-state index is -3.86. The first-order chi connectivity index (χ1) is 16.4. The normalized spacial score (nSPS) is 12.4. The molecule has 3 aromatic rings. The van der Waals surface area contributed by atoms with Gasteiger partial charge < -0.3 is 4.74 Å². The van der Waals surface area contributed by atoms with Crippen molar-refractivity contribution in [1.82, 2.24) is 9.78 Å². The van der Waals surface area contributed by atoms with E-state index in [1.54, 1.807) is 69.8 Å². The van der Waals surface area contributed by atoms with Crippen LogP contribution in [-0.2, 0) is 31.2 Å². The molecule has 1 amide bonds. The van der Waals surface area contributed by atoms with Gasteiger partial charge in [0.15, 0.2) is 15.6 Å². The molecule has 0 aliphatic heterocycles. The van der Waals surface area contributed by atoms with Crippen LogP contribution in [0.15, 0.2) is 53.4 Å². The summed E-state index contributed by atoms with van der Waals surface area (Å²) in [5.74, 6) is -1.36. The van der Waals surface area contributed by atoms with Gasteiger partial charge in [0, 0.05) is 18.7 Å². The molecule has 0 bridgehead atoms. The third-order valence-corrected chi connectivity index (χ3v) is 7.11. The van der Waals surface area contributed by atoms with Crippen LogP contribution in [0.2, 0.25) is 0 Å². The molecule has 2 aromatic carbocycles. The standard InChI is InChI=1S/C25H28FN3O5S/c1-16(2)34-25(31)14-35(32,33)21-9-6-19(7-10-21)18(4)29(15-30)24-13-23(27-28(24)5)20-8-11-22(26)17(3)12-20/h6-13,15-16,18H,14H2,1-5H3/t18-/m1/s1. The van der Waals surface area contributed by atoms with Crippen molar-refractivity contribution >= 4 is 28.0 Å². The van der Waals surface area contributed by atoms with Crippen LogP contribution in [0, 0.1) is 12.7 Å². The van der Waals surface area contributed by atoms with Crippen LogP contribution in [0.4, 0.5) is 10.2 Å². The Labute approximate surface area is 204 Å². The van der Waals surface area contributed by atoms with Crippen LogP contribution in [0.3, 0.4) is 0 Å². The molecule has 3 rings (SSSR count). The van der Waals surface area contributed by atoms with E-state index in [0.29, 0.717) is 29.0 Å². The number of aromatic nitrogens is 2. The largest absolute Gasteiger partial charge is 0.462 e. The summed E-state index contributed by atoms with van der Waals surface area (Å²) >= 11 is 0. The lowest BCUT2D eigenvalue weighted by Gasteiger charge is -2.25. The van der Waals surface area contributed by atoms with Crippen molar-refractivity contribution in [3.8, 4) is 11.3 Å². The summed E-state index contributed by atoms with van der Waals surface area (Å²) in [5, 5.41) is 4.46. The molecule has 8 nitrogen and oxygen atoms in total. The molecule has 0 fully saturated rings. The predicted molar refractivity (Wildman–Crippen MR) is 130 cm³/mol. The third-order valence-electron chi connectivity index (χ3n) is 5.50. The van der Waals surface area contributed by atoms with E-state index in [1.807, 2.05) is 0 Å². The van der Waals surface area contributed by atoms with Gasteiger partial charge in [-0.2, -0.15) is 5.10 Å². The first-order valence-electron chi connectivity index (χ1n) is 11.0. The minimum absolute atomic E-state index is 0.0127. The fraction of sp³-hybridized carbons (Fsp3) is 0.320. The Morgan fingerprint density at radius 2 is 1.80 bits per heavy atom. The number of halogens is 1. The van der Waals surface area contributed by atoms with Crippen LogP contribution in [-0.4, -0.2) is 42.4 Å². The smallest absolute Gasteiger partial charge is 0.321 e. The van der Waals surface area contributed by atoms with Crippen molar-refractivity contribution in [1.29, 1.82) is 0 Å². The third kappa shape index (κ3) is 5.94. The predicted octanol–water partition coefficient (Wildman–Crippen LogP) is 3.98. The lowest BCUT2D eigenvalue weighted by Crippen LogP contribution is -2.27. The number of carbonyl (C=O) groups excluding carboxylic acids is 2.